The summed E-state index contributed by atoms with van der Waals surface area (Å²) in [6.07, 6.45) is -4.94. The van der Waals surface area contributed by atoms with Gasteiger partial charge in [0.05, 0.1) is 13.2 Å². The Morgan fingerprint density at radius 3 is 2.33 bits per heavy atom. The molecule has 0 saturated carbocycles. The van der Waals surface area contributed by atoms with Crippen LogP contribution >= 0.6 is 0 Å². The van der Waals surface area contributed by atoms with Gasteiger partial charge in [0, 0.05) is 36.1 Å². The number of carbonyl (C=O) groups is 1. The number of aromatic hydroxyl groups is 5. The summed E-state index contributed by atoms with van der Waals surface area (Å²) in [7, 11) is 0. The molecule has 0 aliphatic carbocycles. The number of benzene rings is 3. The van der Waals surface area contributed by atoms with Crippen molar-refractivity contribution in [1.29, 1.82) is 0 Å². The van der Waals surface area contributed by atoms with Crippen LogP contribution in [0.1, 0.15) is 29.2 Å². The minimum atomic E-state index is -1.95. The van der Waals surface area contributed by atoms with Crippen LogP contribution in [-0.4, -0.2) is 84.1 Å². The Balaban J connectivity index is 1.41. The normalized spacial score (nSPS) is 24.9. The minimum Gasteiger partial charge on any atom is -0.508 e. The number of phenolic OH excluding ortho intramolecular Hbond substituents is 5. The highest BCUT2D eigenvalue weighted by Gasteiger charge is 2.49. The van der Waals surface area contributed by atoms with Gasteiger partial charge in [-0.05, 0) is 36.2 Å². The molecule has 0 radical (unpaired) electrons. The third kappa shape index (κ3) is 5.81. The van der Waals surface area contributed by atoms with Crippen molar-refractivity contribution >= 4 is 5.97 Å². The van der Waals surface area contributed by atoms with E-state index in [1.807, 2.05) is 0 Å². The first-order chi connectivity index (χ1) is 20.0. The molecular weight excluding hydrogens is 556 g/mol. The van der Waals surface area contributed by atoms with E-state index in [2.05, 4.69) is 0 Å². The van der Waals surface area contributed by atoms with Gasteiger partial charge >= 0.3 is 5.97 Å². The Labute approximate surface area is 239 Å². The van der Waals surface area contributed by atoms with Gasteiger partial charge in [0.25, 0.3) is 0 Å². The summed E-state index contributed by atoms with van der Waals surface area (Å²) in [6, 6.07) is 10.7. The number of rotatable bonds is 8. The van der Waals surface area contributed by atoms with Crippen molar-refractivity contribution in [2.24, 2.45) is 0 Å². The Morgan fingerprint density at radius 2 is 1.67 bits per heavy atom. The SMILES string of the molecule is O=C(CCc1ccc(O)c(O)c1)O[C@H]1Cc2c(OC3OCC(O)(CO)C3O)cc(O)cc2O[C@@H]1c1ccc(O)c(O)c1. The number of aliphatic hydroxyl groups excluding tert-OH is 2. The molecule has 2 heterocycles. The molecule has 0 bridgehead atoms. The zero-order valence-electron chi connectivity index (χ0n) is 22.1. The van der Waals surface area contributed by atoms with Crippen molar-refractivity contribution in [2.75, 3.05) is 13.2 Å². The first kappa shape index (κ1) is 29.1. The molecule has 2 aliphatic heterocycles. The van der Waals surface area contributed by atoms with Crippen molar-refractivity contribution in [2.45, 2.75) is 49.5 Å². The molecule has 13 nitrogen and oxygen atoms in total. The molecule has 8 N–H and O–H groups in total. The zero-order valence-corrected chi connectivity index (χ0v) is 22.1. The van der Waals surface area contributed by atoms with E-state index < -0.39 is 55.1 Å². The molecule has 3 aromatic carbocycles. The van der Waals surface area contributed by atoms with E-state index in [1.54, 1.807) is 6.07 Å². The second kappa shape index (κ2) is 11.4. The van der Waals surface area contributed by atoms with Crippen LogP contribution in [0.4, 0.5) is 0 Å². The van der Waals surface area contributed by atoms with Gasteiger partial charge in [-0.25, -0.2) is 0 Å². The number of ether oxygens (including phenoxy) is 4. The number of esters is 1. The van der Waals surface area contributed by atoms with Crippen LogP contribution in [0.5, 0.6) is 40.2 Å². The quantitative estimate of drug-likeness (QED) is 0.138. The average Bonchev–Trinajstić information content (AvgIpc) is 3.24. The van der Waals surface area contributed by atoms with E-state index in [-0.39, 0.29) is 53.8 Å². The molecule has 5 rings (SSSR count). The smallest absolute Gasteiger partial charge is 0.306 e. The third-order valence-electron chi connectivity index (χ3n) is 7.24. The number of hydrogen-bond donors (Lipinski definition) is 8. The first-order valence-electron chi connectivity index (χ1n) is 13.0. The van der Waals surface area contributed by atoms with Crippen molar-refractivity contribution in [3.05, 3.63) is 65.2 Å². The summed E-state index contributed by atoms with van der Waals surface area (Å²) in [4.78, 5) is 13.0. The van der Waals surface area contributed by atoms with Gasteiger partial charge in [-0.15, -0.1) is 0 Å². The van der Waals surface area contributed by atoms with Crippen molar-refractivity contribution in [1.82, 2.24) is 0 Å². The molecule has 3 aromatic rings. The Morgan fingerprint density at radius 1 is 0.952 bits per heavy atom. The molecule has 0 amide bonds. The molecule has 224 valence electrons. The van der Waals surface area contributed by atoms with Gasteiger partial charge < -0.3 is 59.8 Å². The van der Waals surface area contributed by atoms with Crippen LogP contribution in [-0.2, 0) is 27.1 Å². The number of hydrogen-bond acceptors (Lipinski definition) is 13. The van der Waals surface area contributed by atoms with Crippen molar-refractivity contribution in [3.63, 3.8) is 0 Å². The Bertz CT molecular complexity index is 1470. The van der Waals surface area contributed by atoms with Crippen LogP contribution < -0.4 is 9.47 Å². The van der Waals surface area contributed by atoms with E-state index >= 15 is 0 Å². The van der Waals surface area contributed by atoms with Crippen LogP contribution in [0.3, 0.4) is 0 Å². The van der Waals surface area contributed by atoms with Crippen LogP contribution in [0.2, 0.25) is 0 Å². The summed E-state index contributed by atoms with van der Waals surface area (Å²) in [5.41, 5.74) is -0.679. The van der Waals surface area contributed by atoms with Crippen molar-refractivity contribution < 1.29 is 64.6 Å². The second-order valence-electron chi connectivity index (χ2n) is 10.3. The van der Waals surface area contributed by atoms with Gasteiger partial charge in [-0.1, -0.05) is 12.1 Å². The molecule has 42 heavy (non-hydrogen) atoms. The lowest BCUT2D eigenvalue weighted by atomic mass is 9.93. The number of phenols is 5. The fraction of sp³-hybridized carbons (Fsp3) is 0.345. The molecule has 1 fully saturated rings. The molecule has 0 aromatic heterocycles. The molecular formula is C29H30O13. The highest BCUT2D eigenvalue weighted by molar-refractivity contribution is 5.70. The molecule has 3 unspecified atom stereocenters. The molecule has 0 spiro atoms. The van der Waals surface area contributed by atoms with Crippen LogP contribution in [0.25, 0.3) is 0 Å². The van der Waals surface area contributed by atoms with Crippen LogP contribution in [0, 0.1) is 0 Å². The topological polar surface area (TPSA) is 216 Å². The first-order valence-corrected chi connectivity index (χ1v) is 13.0. The lowest BCUT2D eigenvalue weighted by Crippen LogP contribution is -2.48. The number of fused-ring (bicyclic) bond motifs is 1. The van der Waals surface area contributed by atoms with Crippen molar-refractivity contribution in [3.8, 4) is 40.2 Å². The van der Waals surface area contributed by atoms with Gasteiger partial charge in [0.15, 0.2) is 29.1 Å². The molecule has 2 aliphatic rings. The lowest BCUT2D eigenvalue weighted by Gasteiger charge is -2.35. The largest absolute Gasteiger partial charge is 0.508 e. The maximum atomic E-state index is 13.0. The second-order valence-corrected chi connectivity index (χ2v) is 10.3. The van der Waals surface area contributed by atoms with E-state index in [4.69, 9.17) is 18.9 Å². The third-order valence-corrected chi connectivity index (χ3v) is 7.24. The Kier molecular flexibility index (Phi) is 7.93. The number of aryl methyl sites for hydroxylation is 1. The van der Waals surface area contributed by atoms with E-state index in [0.717, 1.165) is 0 Å². The fourth-order valence-electron chi connectivity index (χ4n) is 4.86. The standard InChI is InChI=1S/C29H30O13/c30-12-29(38)13-39-28(27(29)37)42-23-10-16(31)9-22-17(23)11-24(26(41-22)15-3-5-19(33)21(35)8-15)40-25(36)6-2-14-1-4-18(32)20(34)7-14/h1,3-5,7-10,24,26-28,30-35,37-38H,2,6,11-13H2/t24-,26+,27?,28?,29?/m0/s1. The maximum Gasteiger partial charge on any atom is 0.306 e. The predicted octanol–water partition coefficient (Wildman–Crippen LogP) is 1.25. The van der Waals surface area contributed by atoms with Crippen LogP contribution in [0.15, 0.2) is 48.5 Å². The summed E-state index contributed by atoms with van der Waals surface area (Å²) >= 11 is 0. The Hall–Kier alpha value is -4.43. The number of aliphatic hydroxyl groups is 3. The summed E-state index contributed by atoms with van der Waals surface area (Å²) in [6.45, 7) is -1.18. The maximum absolute atomic E-state index is 13.0. The molecule has 5 atom stereocenters. The summed E-state index contributed by atoms with van der Waals surface area (Å²) < 4.78 is 23.0. The summed E-state index contributed by atoms with van der Waals surface area (Å²) in [5.74, 6) is -2.17. The van der Waals surface area contributed by atoms with Gasteiger partial charge in [-0.2, -0.15) is 0 Å². The number of carbonyl (C=O) groups excluding carboxylic acids is 1. The molecule has 13 heteroatoms. The predicted molar refractivity (Wildman–Crippen MR) is 141 cm³/mol. The van der Waals surface area contributed by atoms with Gasteiger partial charge in [0.1, 0.15) is 35.1 Å². The van der Waals surface area contributed by atoms with E-state index in [0.29, 0.717) is 16.7 Å². The zero-order chi connectivity index (χ0) is 30.2. The lowest BCUT2D eigenvalue weighted by molar-refractivity contribution is -0.155. The highest BCUT2D eigenvalue weighted by atomic mass is 16.7. The van der Waals surface area contributed by atoms with E-state index in [9.17, 15) is 45.6 Å². The minimum absolute atomic E-state index is 0.00357. The van der Waals surface area contributed by atoms with E-state index in [1.165, 1.54) is 42.5 Å². The monoisotopic (exact) mass is 586 g/mol. The van der Waals surface area contributed by atoms with Gasteiger partial charge in [-0.3, -0.25) is 4.79 Å². The highest BCUT2D eigenvalue weighted by Crippen LogP contribution is 2.45. The van der Waals surface area contributed by atoms with Gasteiger partial charge in [0.2, 0.25) is 6.29 Å². The average molecular weight is 587 g/mol. The fourth-order valence-corrected chi connectivity index (χ4v) is 4.86. The summed E-state index contributed by atoms with van der Waals surface area (Å²) in [5, 5.41) is 79.7. The molecule has 1 saturated heterocycles.